The maximum absolute atomic E-state index is 14.2. The number of hydrogen-bond acceptors (Lipinski definition) is 5. The third-order valence-corrected chi connectivity index (χ3v) is 5.35. The first-order valence-electron chi connectivity index (χ1n) is 9.53. The summed E-state index contributed by atoms with van der Waals surface area (Å²) in [7, 11) is 0. The molecule has 0 saturated carbocycles. The molecule has 1 aliphatic rings. The lowest BCUT2D eigenvalue weighted by Crippen LogP contribution is -2.32. The number of carbonyl (C=O) groups is 1. The molecule has 0 bridgehead atoms. The van der Waals surface area contributed by atoms with Gasteiger partial charge in [0.2, 0.25) is 5.91 Å². The van der Waals surface area contributed by atoms with Crippen molar-refractivity contribution in [2.45, 2.75) is 32.2 Å². The highest BCUT2D eigenvalue weighted by Gasteiger charge is 2.22. The van der Waals surface area contributed by atoms with E-state index in [1.165, 1.54) is 13.0 Å². The SMILES string of the molecule is Cc1c(CC(=O)N[C@H](C)c2ncc(C3COC3)cn2)c(=O)[nH]c2ccc(F)c(F)c12. The molecule has 0 spiro atoms. The Kier molecular flexibility index (Phi) is 5.29. The minimum atomic E-state index is -1.05. The minimum Gasteiger partial charge on any atom is -0.380 e. The molecular formula is C21H20F2N4O3. The van der Waals surface area contributed by atoms with Crippen molar-refractivity contribution in [1.82, 2.24) is 20.3 Å². The Morgan fingerprint density at radius 2 is 2.00 bits per heavy atom. The fraction of sp³-hybridized carbons (Fsp3) is 0.333. The Balaban J connectivity index is 1.51. The van der Waals surface area contributed by atoms with Gasteiger partial charge in [0.15, 0.2) is 11.6 Å². The van der Waals surface area contributed by atoms with E-state index in [-0.39, 0.29) is 28.5 Å². The van der Waals surface area contributed by atoms with Gasteiger partial charge in [0.1, 0.15) is 5.82 Å². The Morgan fingerprint density at radius 1 is 1.30 bits per heavy atom. The van der Waals surface area contributed by atoms with Crippen LogP contribution < -0.4 is 10.9 Å². The number of ether oxygens (including phenoxy) is 1. The lowest BCUT2D eigenvalue weighted by Gasteiger charge is -2.25. The summed E-state index contributed by atoms with van der Waals surface area (Å²) in [6.07, 6.45) is 3.15. The number of pyridine rings is 1. The van der Waals surface area contributed by atoms with E-state index in [1.807, 2.05) is 0 Å². The number of nitrogens with one attached hydrogen (secondary N) is 2. The number of aromatic nitrogens is 3. The predicted octanol–water partition coefficient (Wildman–Crippen LogP) is 2.44. The molecule has 0 radical (unpaired) electrons. The van der Waals surface area contributed by atoms with Crippen molar-refractivity contribution in [2.75, 3.05) is 13.2 Å². The number of halogens is 2. The Bertz CT molecular complexity index is 1170. The molecule has 30 heavy (non-hydrogen) atoms. The molecule has 2 N–H and O–H groups in total. The molecule has 7 nitrogen and oxygen atoms in total. The van der Waals surface area contributed by atoms with E-state index in [0.29, 0.717) is 25.0 Å². The molecule has 1 amide bonds. The molecule has 1 atom stereocenters. The van der Waals surface area contributed by atoms with Crippen molar-refractivity contribution in [2.24, 2.45) is 0 Å². The third kappa shape index (κ3) is 3.68. The summed E-state index contributed by atoms with van der Waals surface area (Å²) in [5.41, 5.74) is 0.961. The summed E-state index contributed by atoms with van der Waals surface area (Å²) >= 11 is 0. The van der Waals surface area contributed by atoms with Gasteiger partial charge in [0.25, 0.3) is 5.56 Å². The lowest BCUT2D eigenvalue weighted by molar-refractivity contribution is -0.121. The molecule has 1 aliphatic heterocycles. The van der Waals surface area contributed by atoms with Gasteiger partial charge in [-0.15, -0.1) is 0 Å². The molecule has 0 aliphatic carbocycles. The van der Waals surface area contributed by atoms with Crippen LogP contribution in [-0.2, 0) is 16.0 Å². The fourth-order valence-corrected chi connectivity index (χ4v) is 3.48. The van der Waals surface area contributed by atoms with Crippen LogP contribution in [0.15, 0.2) is 29.3 Å². The van der Waals surface area contributed by atoms with Crippen molar-refractivity contribution in [3.8, 4) is 0 Å². The molecule has 3 heterocycles. The van der Waals surface area contributed by atoms with Crippen molar-refractivity contribution in [3.63, 3.8) is 0 Å². The summed E-state index contributed by atoms with van der Waals surface area (Å²) in [5.74, 6) is -1.79. The number of H-pyrrole nitrogens is 1. The molecule has 1 aromatic carbocycles. The smallest absolute Gasteiger partial charge is 0.252 e. The van der Waals surface area contributed by atoms with Crippen LogP contribution in [0.5, 0.6) is 0 Å². The Hall–Kier alpha value is -3.20. The topological polar surface area (TPSA) is 97.0 Å². The predicted molar refractivity (Wildman–Crippen MR) is 105 cm³/mol. The van der Waals surface area contributed by atoms with Gasteiger partial charge in [0.05, 0.1) is 31.2 Å². The van der Waals surface area contributed by atoms with Crippen molar-refractivity contribution >= 4 is 16.8 Å². The van der Waals surface area contributed by atoms with Crippen molar-refractivity contribution in [1.29, 1.82) is 0 Å². The first kappa shape index (κ1) is 20.1. The fourth-order valence-electron chi connectivity index (χ4n) is 3.48. The van der Waals surface area contributed by atoms with Crippen LogP contribution in [0.25, 0.3) is 10.9 Å². The van der Waals surface area contributed by atoms with Gasteiger partial charge in [-0.1, -0.05) is 0 Å². The van der Waals surface area contributed by atoms with Gasteiger partial charge in [-0.2, -0.15) is 0 Å². The van der Waals surface area contributed by atoms with Crippen molar-refractivity contribution in [3.05, 3.63) is 69.0 Å². The van der Waals surface area contributed by atoms with Crippen LogP contribution in [0.2, 0.25) is 0 Å². The van der Waals surface area contributed by atoms with E-state index >= 15 is 0 Å². The Morgan fingerprint density at radius 3 is 2.63 bits per heavy atom. The number of benzene rings is 1. The number of aryl methyl sites for hydroxylation is 1. The number of hydrogen-bond donors (Lipinski definition) is 2. The zero-order valence-electron chi connectivity index (χ0n) is 16.5. The molecule has 4 rings (SSSR count). The maximum atomic E-state index is 14.2. The zero-order valence-corrected chi connectivity index (χ0v) is 16.5. The minimum absolute atomic E-state index is 0.0376. The van der Waals surface area contributed by atoms with Crippen LogP contribution in [0.1, 0.15) is 41.4 Å². The van der Waals surface area contributed by atoms with Crippen LogP contribution in [0.3, 0.4) is 0 Å². The zero-order chi connectivity index (χ0) is 21.4. The number of nitrogens with zero attached hydrogens (tertiary/aromatic N) is 2. The summed E-state index contributed by atoms with van der Waals surface area (Å²) < 4.78 is 33.0. The number of fused-ring (bicyclic) bond motifs is 1. The second-order valence-corrected chi connectivity index (χ2v) is 7.42. The van der Waals surface area contributed by atoms with Crippen LogP contribution in [0, 0.1) is 18.6 Å². The van der Waals surface area contributed by atoms with Crippen LogP contribution in [0.4, 0.5) is 8.78 Å². The highest BCUT2D eigenvalue weighted by molar-refractivity contribution is 5.86. The quantitative estimate of drug-likeness (QED) is 0.669. The third-order valence-electron chi connectivity index (χ3n) is 5.35. The van der Waals surface area contributed by atoms with Crippen LogP contribution in [-0.4, -0.2) is 34.1 Å². The molecule has 0 unspecified atom stereocenters. The summed E-state index contributed by atoms with van der Waals surface area (Å²) in [5, 5.41) is 2.70. The first-order chi connectivity index (χ1) is 14.3. The number of carbonyl (C=O) groups excluding carboxylic acids is 1. The largest absolute Gasteiger partial charge is 0.380 e. The standard InChI is InChI=1S/C21H20F2N4O3/c1-10-14(21(29)27-16-4-3-15(22)19(23)18(10)16)5-17(28)26-11(2)20-24-6-12(7-25-20)13-8-30-9-13/h3-4,6-7,11,13H,5,8-9H2,1-2H3,(H,26,28)(H,27,29)/t11-/m1/s1. The van der Waals surface area contributed by atoms with Gasteiger partial charge >= 0.3 is 0 Å². The second kappa shape index (κ2) is 7.91. The number of amides is 1. The molecule has 1 saturated heterocycles. The summed E-state index contributed by atoms with van der Waals surface area (Å²) in [6, 6.07) is 1.76. The normalized spacial score (nSPS) is 15.1. The van der Waals surface area contributed by atoms with E-state index in [4.69, 9.17) is 4.74 Å². The monoisotopic (exact) mass is 414 g/mol. The molecule has 156 valence electrons. The Labute approximate surface area is 170 Å². The van der Waals surface area contributed by atoms with Gasteiger partial charge in [0, 0.05) is 29.3 Å². The average Bonchev–Trinajstić information content (AvgIpc) is 2.67. The molecule has 3 aromatic rings. The molecule has 1 fully saturated rings. The van der Waals surface area contributed by atoms with E-state index in [9.17, 15) is 18.4 Å². The lowest BCUT2D eigenvalue weighted by atomic mass is 10.0. The molecule has 9 heteroatoms. The first-order valence-corrected chi connectivity index (χ1v) is 9.53. The van der Waals surface area contributed by atoms with Gasteiger partial charge in [-0.3, -0.25) is 9.59 Å². The number of aromatic amines is 1. The highest BCUT2D eigenvalue weighted by Crippen LogP contribution is 2.24. The van der Waals surface area contributed by atoms with E-state index in [1.54, 1.807) is 19.3 Å². The highest BCUT2D eigenvalue weighted by atomic mass is 19.2. The van der Waals surface area contributed by atoms with Crippen LogP contribution >= 0.6 is 0 Å². The summed E-state index contributed by atoms with van der Waals surface area (Å²) in [4.78, 5) is 36.0. The summed E-state index contributed by atoms with van der Waals surface area (Å²) in [6.45, 7) is 4.53. The van der Waals surface area contributed by atoms with E-state index < -0.39 is 29.1 Å². The second-order valence-electron chi connectivity index (χ2n) is 7.42. The average molecular weight is 414 g/mol. The van der Waals surface area contributed by atoms with Gasteiger partial charge in [-0.05, 0) is 37.1 Å². The van der Waals surface area contributed by atoms with Crippen molar-refractivity contribution < 1.29 is 18.3 Å². The van der Waals surface area contributed by atoms with E-state index in [2.05, 4.69) is 20.3 Å². The molecular weight excluding hydrogens is 394 g/mol. The van der Waals surface area contributed by atoms with Gasteiger partial charge in [-0.25, -0.2) is 18.7 Å². The van der Waals surface area contributed by atoms with E-state index in [0.717, 1.165) is 11.6 Å². The van der Waals surface area contributed by atoms with Gasteiger partial charge < -0.3 is 15.0 Å². The molecule has 2 aromatic heterocycles. The maximum Gasteiger partial charge on any atom is 0.252 e. The number of rotatable bonds is 5.